The Morgan fingerprint density at radius 1 is 1.34 bits per heavy atom. The number of rotatable bonds is 5. The molecule has 2 aromatic rings. The van der Waals surface area contributed by atoms with Crippen LogP contribution in [0.2, 0.25) is 5.02 Å². The Morgan fingerprint density at radius 3 is 2.88 bits per heavy atom. The van der Waals surface area contributed by atoms with Gasteiger partial charge in [0.15, 0.2) is 6.10 Å². The highest BCUT2D eigenvalue weighted by Gasteiger charge is 2.34. The number of esters is 1. The summed E-state index contributed by atoms with van der Waals surface area (Å²) in [5.41, 5.74) is 1.85. The third-order valence-electron chi connectivity index (χ3n) is 5.68. The maximum absolute atomic E-state index is 13.0. The first-order chi connectivity index (χ1) is 15.3. The molecule has 0 bridgehead atoms. The van der Waals surface area contributed by atoms with Crippen molar-refractivity contribution in [3.8, 4) is 5.75 Å². The molecular weight excluding hydrogens is 452 g/mol. The minimum absolute atomic E-state index is 0.221. The Hall–Kier alpha value is -2.58. The summed E-state index contributed by atoms with van der Waals surface area (Å²) in [7, 11) is 0. The summed E-state index contributed by atoms with van der Waals surface area (Å²) in [5.74, 6) is -0.158. The molecule has 0 spiro atoms. The molecule has 1 N–H and O–H groups in total. The Morgan fingerprint density at radius 2 is 2.12 bits per heavy atom. The highest BCUT2D eigenvalue weighted by Crippen LogP contribution is 2.40. The number of halogens is 1. The molecule has 2 aliphatic rings. The fourth-order valence-corrected chi connectivity index (χ4v) is 5.69. The lowest BCUT2D eigenvalue weighted by atomic mass is 9.88. The van der Waals surface area contributed by atoms with Gasteiger partial charge < -0.3 is 14.8 Å². The maximum atomic E-state index is 13.0. The first-order valence-electron chi connectivity index (χ1n) is 10.7. The highest BCUT2D eigenvalue weighted by atomic mass is 35.5. The van der Waals surface area contributed by atoms with Crippen molar-refractivity contribution >= 4 is 51.4 Å². The predicted octanol–water partition coefficient (Wildman–Crippen LogP) is 4.46. The van der Waals surface area contributed by atoms with E-state index >= 15 is 0 Å². The minimum Gasteiger partial charge on any atom is -0.479 e. The van der Waals surface area contributed by atoms with E-state index in [9.17, 15) is 14.4 Å². The zero-order valence-corrected chi connectivity index (χ0v) is 19.8. The molecule has 1 aliphatic heterocycles. The van der Waals surface area contributed by atoms with Crippen LogP contribution in [0.3, 0.4) is 0 Å². The molecule has 32 heavy (non-hydrogen) atoms. The number of amides is 2. The number of benzene rings is 1. The van der Waals surface area contributed by atoms with Crippen molar-refractivity contribution in [1.82, 2.24) is 0 Å². The fourth-order valence-electron chi connectivity index (χ4n) is 4.11. The van der Waals surface area contributed by atoms with E-state index in [0.717, 1.165) is 29.7 Å². The lowest BCUT2D eigenvalue weighted by Crippen LogP contribution is -2.47. The van der Waals surface area contributed by atoms with Gasteiger partial charge in [0, 0.05) is 9.90 Å². The molecule has 0 radical (unpaired) electrons. The molecule has 2 atom stereocenters. The van der Waals surface area contributed by atoms with E-state index in [0.29, 0.717) is 32.9 Å². The predicted molar refractivity (Wildman–Crippen MR) is 124 cm³/mol. The summed E-state index contributed by atoms with van der Waals surface area (Å²) < 4.78 is 10.9. The summed E-state index contributed by atoms with van der Waals surface area (Å²) in [5, 5.41) is 3.78. The molecule has 0 fully saturated rings. The average molecular weight is 477 g/mol. The van der Waals surface area contributed by atoms with Gasteiger partial charge in [-0.1, -0.05) is 18.5 Å². The van der Waals surface area contributed by atoms with E-state index in [1.807, 2.05) is 0 Å². The highest BCUT2D eigenvalue weighted by molar-refractivity contribution is 7.17. The summed E-state index contributed by atoms with van der Waals surface area (Å²) in [6.07, 6.45) is 1.92. The first-order valence-corrected chi connectivity index (χ1v) is 11.9. The molecule has 1 aromatic carbocycles. The van der Waals surface area contributed by atoms with E-state index < -0.39 is 18.0 Å². The minimum atomic E-state index is -0.720. The molecule has 1 aliphatic carbocycles. The monoisotopic (exact) mass is 476 g/mol. The van der Waals surface area contributed by atoms with Gasteiger partial charge in [0.25, 0.3) is 5.91 Å². The summed E-state index contributed by atoms with van der Waals surface area (Å²) in [4.78, 5) is 40.9. The number of hydrogen-bond acceptors (Lipinski definition) is 6. The zero-order chi connectivity index (χ0) is 23.0. The molecule has 2 unspecified atom stereocenters. The second-order valence-electron chi connectivity index (χ2n) is 8.12. The van der Waals surface area contributed by atoms with Gasteiger partial charge in [-0.3, -0.25) is 14.5 Å². The van der Waals surface area contributed by atoms with Gasteiger partial charge in [-0.2, -0.15) is 0 Å². The van der Waals surface area contributed by atoms with Crippen LogP contribution in [-0.4, -0.2) is 37.0 Å². The molecule has 170 valence electrons. The third-order valence-corrected chi connectivity index (χ3v) is 7.08. The Balaban J connectivity index is 1.60. The van der Waals surface area contributed by atoms with Crippen molar-refractivity contribution in [2.75, 3.05) is 23.4 Å². The summed E-state index contributed by atoms with van der Waals surface area (Å²) >= 11 is 7.52. The summed E-state index contributed by atoms with van der Waals surface area (Å²) in [6.45, 7) is 5.60. The Labute approximate surface area is 195 Å². The number of ether oxygens (including phenoxy) is 2. The van der Waals surface area contributed by atoms with Crippen molar-refractivity contribution in [1.29, 1.82) is 0 Å². The van der Waals surface area contributed by atoms with Crippen LogP contribution in [0.25, 0.3) is 0 Å². The van der Waals surface area contributed by atoms with Crippen LogP contribution < -0.4 is 15.0 Å². The lowest BCUT2D eigenvalue weighted by Gasteiger charge is -2.32. The molecule has 2 heterocycles. The largest absolute Gasteiger partial charge is 0.479 e. The first kappa shape index (κ1) is 22.6. The van der Waals surface area contributed by atoms with Gasteiger partial charge >= 0.3 is 5.97 Å². The van der Waals surface area contributed by atoms with Crippen LogP contribution in [0.4, 0.5) is 10.7 Å². The van der Waals surface area contributed by atoms with Crippen LogP contribution >= 0.6 is 22.9 Å². The van der Waals surface area contributed by atoms with Gasteiger partial charge in [-0.05, 0) is 62.8 Å². The second kappa shape index (κ2) is 9.11. The zero-order valence-electron chi connectivity index (χ0n) is 18.2. The molecule has 0 saturated carbocycles. The van der Waals surface area contributed by atoms with E-state index in [1.165, 1.54) is 16.2 Å². The molecule has 9 heteroatoms. The van der Waals surface area contributed by atoms with Crippen molar-refractivity contribution in [3.63, 3.8) is 0 Å². The van der Waals surface area contributed by atoms with Gasteiger partial charge in [0.2, 0.25) is 5.91 Å². The van der Waals surface area contributed by atoms with Gasteiger partial charge in [-0.25, -0.2) is 4.79 Å². The molecular formula is C23H25ClN2O5S. The van der Waals surface area contributed by atoms with Crippen molar-refractivity contribution in [2.24, 2.45) is 5.92 Å². The quantitative estimate of drug-likeness (QED) is 0.644. The normalized spacial score (nSPS) is 19.6. The van der Waals surface area contributed by atoms with Crippen LogP contribution in [0.15, 0.2) is 18.2 Å². The topological polar surface area (TPSA) is 84.9 Å². The van der Waals surface area contributed by atoms with Crippen molar-refractivity contribution < 1.29 is 23.9 Å². The average Bonchev–Trinajstić information content (AvgIpc) is 3.08. The lowest BCUT2D eigenvalue weighted by molar-refractivity contribution is -0.127. The van der Waals surface area contributed by atoms with E-state index in [2.05, 4.69) is 12.2 Å². The number of carbonyl (C=O) groups is 3. The van der Waals surface area contributed by atoms with E-state index in [4.69, 9.17) is 21.1 Å². The van der Waals surface area contributed by atoms with Gasteiger partial charge in [0.05, 0.1) is 17.9 Å². The van der Waals surface area contributed by atoms with E-state index in [1.54, 1.807) is 32.0 Å². The molecule has 0 saturated heterocycles. The Bertz CT molecular complexity index is 1080. The summed E-state index contributed by atoms with van der Waals surface area (Å²) in [6, 6.07) is 4.95. The smallest absolute Gasteiger partial charge is 0.341 e. The molecule has 7 nitrogen and oxygen atoms in total. The number of hydrogen-bond donors (Lipinski definition) is 1. The second-order valence-corrected chi connectivity index (χ2v) is 9.66. The third kappa shape index (κ3) is 4.34. The molecule has 4 rings (SSSR count). The maximum Gasteiger partial charge on any atom is 0.341 e. The van der Waals surface area contributed by atoms with Crippen molar-refractivity contribution in [2.45, 2.75) is 46.1 Å². The number of fused-ring (bicyclic) bond motifs is 2. The number of thiophene rings is 1. The number of nitrogens with one attached hydrogen (secondary N) is 1. The van der Waals surface area contributed by atoms with Gasteiger partial charge in [-0.15, -0.1) is 11.3 Å². The standard InChI is InChI=1S/C23H25ClN2O5S/c1-4-30-23(29)20-15-7-5-12(2)9-18(15)32-21(20)25-19(27)11-26-16-10-14(24)6-8-17(16)31-13(3)22(26)28/h6,8,10,12-13H,4-5,7,9,11H2,1-3H3,(H,25,27). The van der Waals surface area contributed by atoms with Crippen LogP contribution in [0.5, 0.6) is 5.75 Å². The fraction of sp³-hybridized carbons (Fsp3) is 0.435. The van der Waals surface area contributed by atoms with Crippen LogP contribution in [0.1, 0.15) is 48.0 Å². The van der Waals surface area contributed by atoms with Crippen LogP contribution in [0, 0.1) is 5.92 Å². The Kier molecular flexibility index (Phi) is 6.44. The number of carbonyl (C=O) groups excluding carboxylic acids is 3. The van der Waals surface area contributed by atoms with Gasteiger partial charge in [0.1, 0.15) is 17.3 Å². The molecule has 2 amide bonds. The van der Waals surface area contributed by atoms with Crippen molar-refractivity contribution in [3.05, 3.63) is 39.2 Å². The van der Waals surface area contributed by atoms with E-state index in [-0.39, 0.29) is 19.1 Å². The number of nitrogens with zero attached hydrogens (tertiary/aromatic N) is 1. The van der Waals surface area contributed by atoms with Crippen LogP contribution in [-0.2, 0) is 27.2 Å². The number of anilines is 2. The molecule has 1 aromatic heterocycles. The SMILES string of the molecule is CCOC(=O)c1c(NC(=O)CN2C(=O)C(C)Oc3ccc(Cl)cc32)sc2c1CCC(C)C2.